The highest BCUT2D eigenvalue weighted by molar-refractivity contribution is 7.89. The maximum absolute atomic E-state index is 13.8. The molecule has 4 rings (SSSR count). The summed E-state index contributed by atoms with van der Waals surface area (Å²) >= 11 is 0. The first-order chi connectivity index (χ1) is 13.2. The molecule has 1 heterocycles. The number of aromatic nitrogens is 2. The lowest BCUT2D eigenvalue weighted by Gasteiger charge is -2.13. The molecule has 1 aromatic heterocycles. The third kappa shape index (κ3) is 3.31. The molecule has 0 bridgehead atoms. The smallest absolute Gasteiger partial charge is 0.231 e. The van der Waals surface area contributed by atoms with E-state index in [1.807, 2.05) is 0 Å². The first kappa shape index (κ1) is 18.7. The van der Waals surface area contributed by atoms with E-state index in [1.165, 1.54) is 24.3 Å². The molecule has 3 aromatic rings. The molecule has 0 unspecified atom stereocenters. The Morgan fingerprint density at radius 3 is 2.18 bits per heavy atom. The van der Waals surface area contributed by atoms with Crippen LogP contribution in [0.2, 0.25) is 0 Å². The van der Waals surface area contributed by atoms with Crippen molar-refractivity contribution in [1.82, 2.24) is 9.78 Å². The van der Waals surface area contributed by atoms with E-state index in [1.54, 1.807) is 30.3 Å². The van der Waals surface area contributed by atoms with Gasteiger partial charge in [0.25, 0.3) is 0 Å². The molecule has 0 spiro atoms. The van der Waals surface area contributed by atoms with Crippen molar-refractivity contribution in [3.8, 4) is 16.9 Å². The molecule has 28 heavy (non-hydrogen) atoms. The molecule has 0 amide bonds. The van der Waals surface area contributed by atoms with Crippen LogP contribution in [0.3, 0.4) is 0 Å². The molecule has 1 aliphatic rings. The summed E-state index contributed by atoms with van der Waals surface area (Å²) in [6.07, 6.45) is -3.40. The van der Waals surface area contributed by atoms with Gasteiger partial charge in [0.1, 0.15) is 4.90 Å². The lowest BCUT2D eigenvalue weighted by atomic mass is 10.0. The van der Waals surface area contributed by atoms with E-state index in [2.05, 4.69) is 5.10 Å². The first-order valence-corrected chi connectivity index (χ1v) is 10.1. The van der Waals surface area contributed by atoms with E-state index in [9.17, 15) is 21.6 Å². The Morgan fingerprint density at radius 2 is 1.61 bits per heavy atom. The Balaban J connectivity index is 2.10. The Hall–Kier alpha value is -2.65. The number of halogens is 3. The zero-order valence-electron chi connectivity index (χ0n) is 14.5. The fraction of sp³-hybridized carbons (Fsp3) is 0.211. The van der Waals surface area contributed by atoms with Crippen LogP contribution >= 0.6 is 0 Å². The van der Waals surface area contributed by atoms with Crippen molar-refractivity contribution in [2.75, 3.05) is 0 Å². The summed E-state index contributed by atoms with van der Waals surface area (Å²) in [5.74, 6) is -0.262. The van der Waals surface area contributed by atoms with Gasteiger partial charge >= 0.3 is 6.18 Å². The van der Waals surface area contributed by atoms with Crippen molar-refractivity contribution in [3.05, 3.63) is 65.9 Å². The number of primary sulfonamides is 1. The number of hydrogen-bond donors (Lipinski definition) is 1. The van der Waals surface area contributed by atoms with E-state index in [4.69, 9.17) is 5.14 Å². The average Bonchev–Trinajstić information content (AvgIpc) is 3.39. The second-order valence-corrected chi connectivity index (χ2v) is 8.20. The number of hydrogen-bond acceptors (Lipinski definition) is 3. The van der Waals surface area contributed by atoms with Gasteiger partial charge in [-0.25, -0.2) is 18.2 Å². The van der Waals surface area contributed by atoms with E-state index < -0.39 is 21.9 Å². The highest BCUT2D eigenvalue weighted by atomic mass is 32.2. The molecule has 0 radical (unpaired) electrons. The van der Waals surface area contributed by atoms with Gasteiger partial charge in [-0.05, 0) is 30.9 Å². The second-order valence-electron chi connectivity index (χ2n) is 6.67. The molecule has 2 aromatic carbocycles. The van der Waals surface area contributed by atoms with Crippen molar-refractivity contribution >= 4 is 10.0 Å². The number of benzene rings is 2. The standard InChI is InChI=1S/C19H16F3N3O2S/c20-19(21,22)18-16(12-10-11-12)17(13-6-2-1-3-7-13)25(24-18)14-8-4-5-9-15(14)28(23,26)27/h1-9,12H,10-11H2,(H2,23,26,27). The monoisotopic (exact) mass is 407 g/mol. The molecule has 1 fully saturated rings. The van der Waals surface area contributed by atoms with Crippen LogP contribution in [0.4, 0.5) is 13.2 Å². The minimum absolute atomic E-state index is 0.0127. The molecule has 2 N–H and O–H groups in total. The Bertz CT molecular complexity index is 1130. The summed E-state index contributed by atoms with van der Waals surface area (Å²) in [7, 11) is -4.17. The minimum atomic E-state index is -4.66. The summed E-state index contributed by atoms with van der Waals surface area (Å²) in [5, 5.41) is 9.13. The summed E-state index contributed by atoms with van der Waals surface area (Å²) in [4.78, 5) is -0.286. The van der Waals surface area contributed by atoms with Crippen LogP contribution in [0.1, 0.15) is 30.0 Å². The summed E-state index contributed by atoms with van der Waals surface area (Å²) in [6, 6.07) is 14.2. The van der Waals surface area contributed by atoms with Gasteiger partial charge in [0, 0.05) is 11.1 Å². The molecule has 5 nitrogen and oxygen atoms in total. The molecule has 0 atom stereocenters. The van der Waals surface area contributed by atoms with Gasteiger partial charge in [-0.2, -0.15) is 18.3 Å². The third-order valence-corrected chi connectivity index (χ3v) is 5.58. The topological polar surface area (TPSA) is 78.0 Å². The highest BCUT2D eigenvalue weighted by Gasteiger charge is 2.44. The van der Waals surface area contributed by atoms with E-state index in [0.29, 0.717) is 18.4 Å². The largest absolute Gasteiger partial charge is 0.435 e. The Labute approximate surface area is 159 Å². The van der Waals surface area contributed by atoms with Crippen LogP contribution in [-0.2, 0) is 16.2 Å². The summed E-state index contributed by atoms with van der Waals surface area (Å²) in [6.45, 7) is 0. The molecule has 9 heteroatoms. The van der Waals surface area contributed by atoms with Gasteiger partial charge in [-0.3, -0.25) is 0 Å². The normalized spacial score (nSPS) is 15.0. The predicted molar refractivity (Wildman–Crippen MR) is 97.4 cm³/mol. The minimum Gasteiger partial charge on any atom is -0.231 e. The zero-order valence-corrected chi connectivity index (χ0v) is 15.3. The predicted octanol–water partition coefficient (Wildman–Crippen LogP) is 4.08. The van der Waals surface area contributed by atoms with E-state index in [-0.39, 0.29) is 27.8 Å². The molecule has 146 valence electrons. The maximum atomic E-state index is 13.8. The van der Waals surface area contributed by atoms with Crippen LogP contribution in [0, 0.1) is 0 Å². The second kappa shape index (κ2) is 6.46. The maximum Gasteiger partial charge on any atom is 0.435 e. The zero-order chi connectivity index (χ0) is 20.1. The molecule has 1 saturated carbocycles. The van der Waals surface area contributed by atoms with Gasteiger partial charge in [0.05, 0.1) is 11.4 Å². The van der Waals surface area contributed by atoms with E-state index in [0.717, 1.165) is 4.68 Å². The quantitative estimate of drug-likeness (QED) is 0.708. The summed E-state index contributed by atoms with van der Waals surface area (Å²) in [5.41, 5.74) is -0.134. The highest BCUT2D eigenvalue weighted by Crippen LogP contribution is 2.50. The first-order valence-electron chi connectivity index (χ1n) is 8.55. The van der Waals surface area contributed by atoms with Gasteiger partial charge in [-0.15, -0.1) is 0 Å². The molecule has 0 saturated heterocycles. The number of para-hydroxylation sites is 1. The van der Waals surface area contributed by atoms with E-state index >= 15 is 0 Å². The SMILES string of the molecule is NS(=O)(=O)c1ccccc1-n1nc(C(F)(F)F)c(C2CC2)c1-c1ccccc1. The molecule has 0 aliphatic heterocycles. The average molecular weight is 407 g/mol. The van der Waals surface area contributed by atoms with Gasteiger partial charge in [-0.1, -0.05) is 42.5 Å². The van der Waals surface area contributed by atoms with Crippen molar-refractivity contribution in [3.63, 3.8) is 0 Å². The number of nitrogens with two attached hydrogens (primary N) is 1. The van der Waals surface area contributed by atoms with Gasteiger partial charge in [0.2, 0.25) is 10.0 Å². The molecular weight excluding hydrogens is 391 g/mol. The Kier molecular flexibility index (Phi) is 4.31. The fourth-order valence-electron chi connectivity index (χ4n) is 3.32. The lowest BCUT2D eigenvalue weighted by Crippen LogP contribution is -2.16. The van der Waals surface area contributed by atoms with Crippen LogP contribution in [-0.4, -0.2) is 18.2 Å². The van der Waals surface area contributed by atoms with Crippen molar-refractivity contribution in [2.24, 2.45) is 5.14 Å². The number of nitrogens with zero attached hydrogens (tertiary/aromatic N) is 2. The number of sulfonamides is 1. The van der Waals surface area contributed by atoms with Crippen LogP contribution in [0.25, 0.3) is 16.9 Å². The van der Waals surface area contributed by atoms with Crippen LogP contribution in [0.5, 0.6) is 0 Å². The third-order valence-electron chi connectivity index (χ3n) is 4.62. The number of alkyl halides is 3. The Morgan fingerprint density at radius 1 is 1.00 bits per heavy atom. The van der Waals surface area contributed by atoms with Crippen molar-refractivity contribution < 1.29 is 21.6 Å². The number of rotatable bonds is 4. The molecule has 1 aliphatic carbocycles. The lowest BCUT2D eigenvalue weighted by molar-refractivity contribution is -0.142. The van der Waals surface area contributed by atoms with Crippen LogP contribution in [0.15, 0.2) is 59.5 Å². The summed E-state index contributed by atoms with van der Waals surface area (Å²) < 4.78 is 66.4. The van der Waals surface area contributed by atoms with Gasteiger partial charge < -0.3 is 0 Å². The fourth-order valence-corrected chi connectivity index (χ4v) is 4.03. The van der Waals surface area contributed by atoms with Crippen molar-refractivity contribution in [2.45, 2.75) is 29.8 Å². The van der Waals surface area contributed by atoms with Crippen LogP contribution < -0.4 is 5.14 Å². The van der Waals surface area contributed by atoms with Crippen molar-refractivity contribution in [1.29, 1.82) is 0 Å². The van der Waals surface area contributed by atoms with Gasteiger partial charge in [0.15, 0.2) is 5.69 Å². The molecular formula is C19H16F3N3O2S.